The molecule has 1 aromatic carbocycles. The van der Waals surface area contributed by atoms with Crippen LogP contribution in [0.5, 0.6) is 5.75 Å². The number of ether oxygens (including phenoxy) is 2. The number of imide groups is 1. The van der Waals surface area contributed by atoms with E-state index in [9.17, 15) is 19.7 Å². The molecule has 8 heteroatoms. The zero-order chi connectivity index (χ0) is 16.3. The molecule has 3 heterocycles. The zero-order valence-corrected chi connectivity index (χ0v) is 12.0. The van der Waals surface area contributed by atoms with Gasteiger partial charge in [-0.1, -0.05) is 12.2 Å². The molecular weight excluding hydrogens is 304 g/mol. The van der Waals surface area contributed by atoms with Gasteiger partial charge in [0.2, 0.25) is 11.8 Å². The predicted octanol–water partition coefficient (Wildman–Crippen LogP) is 1.05. The van der Waals surface area contributed by atoms with Gasteiger partial charge in [0.05, 0.1) is 42.1 Å². The van der Waals surface area contributed by atoms with E-state index in [1.165, 1.54) is 25.3 Å². The van der Waals surface area contributed by atoms with Gasteiger partial charge in [-0.05, 0) is 12.1 Å². The van der Waals surface area contributed by atoms with Crippen LogP contribution < -0.4 is 9.64 Å². The van der Waals surface area contributed by atoms with E-state index < -0.39 is 40.8 Å². The summed E-state index contributed by atoms with van der Waals surface area (Å²) in [6.07, 6.45) is 2.68. The van der Waals surface area contributed by atoms with E-state index in [0.717, 1.165) is 4.90 Å². The Kier molecular flexibility index (Phi) is 2.79. The summed E-state index contributed by atoms with van der Waals surface area (Å²) < 4.78 is 10.5. The highest BCUT2D eigenvalue weighted by Gasteiger charge is 2.61. The molecule has 23 heavy (non-hydrogen) atoms. The van der Waals surface area contributed by atoms with Gasteiger partial charge >= 0.3 is 0 Å². The summed E-state index contributed by atoms with van der Waals surface area (Å²) in [6, 6.07) is 4.05. The highest BCUT2D eigenvalue weighted by molar-refractivity contribution is 6.24. The van der Waals surface area contributed by atoms with Gasteiger partial charge in [-0.2, -0.15) is 0 Å². The Bertz CT molecular complexity index is 743. The summed E-state index contributed by atoms with van der Waals surface area (Å²) in [5, 5.41) is 11.3. The number of hydrogen-bond acceptors (Lipinski definition) is 6. The summed E-state index contributed by atoms with van der Waals surface area (Å²) in [5.74, 6) is -1.82. The molecule has 2 amide bonds. The van der Waals surface area contributed by atoms with Crippen molar-refractivity contribution in [3.05, 3.63) is 40.5 Å². The molecule has 0 aliphatic carbocycles. The number of methoxy groups -OCH3 is 1. The Hall–Kier alpha value is -2.74. The topological polar surface area (TPSA) is 99.0 Å². The Labute approximate surface area is 130 Å². The Balaban J connectivity index is 1.79. The summed E-state index contributed by atoms with van der Waals surface area (Å²) in [6.45, 7) is 0. The van der Waals surface area contributed by atoms with E-state index in [0.29, 0.717) is 0 Å². The number of carbonyl (C=O) groups is 2. The lowest BCUT2D eigenvalue weighted by molar-refractivity contribution is -0.384. The number of nitro benzene ring substituents is 1. The number of hydrogen-bond donors (Lipinski definition) is 0. The fourth-order valence-corrected chi connectivity index (χ4v) is 3.51. The summed E-state index contributed by atoms with van der Waals surface area (Å²) >= 11 is 0. The van der Waals surface area contributed by atoms with Crippen LogP contribution in [0.2, 0.25) is 0 Å². The molecule has 8 nitrogen and oxygen atoms in total. The quantitative estimate of drug-likeness (QED) is 0.358. The molecule has 0 N–H and O–H groups in total. The molecule has 3 aliphatic rings. The van der Waals surface area contributed by atoms with Crippen LogP contribution in [0.25, 0.3) is 0 Å². The Morgan fingerprint density at radius 1 is 1.17 bits per heavy atom. The van der Waals surface area contributed by atoms with Gasteiger partial charge in [0, 0.05) is 0 Å². The lowest BCUT2D eigenvalue weighted by atomic mass is 9.85. The van der Waals surface area contributed by atoms with Crippen molar-refractivity contribution in [2.75, 3.05) is 12.0 Å². The number of nitro groups is 1. The van der Waals surface area contributed by atoms with E-state index >= 15 is 0 Å². The van der Waals surface area contributed by atoms with Gasteiger partial charge in [0.15, 0.2) is 0 Å². The smallest absolute Gasteiger partial charge is 0.297 e. The molecule has 2 saturated heterocycles. The maximum Gasteiger partial charge on any atom is 0.297 e. The average Bonchev–Trinajstić information content (AvgIpc) is 3.21. The first kappa shape index (κ1) is 13.9. The van der Waals surface area contributed by atoms with Crippen LogP contribution in [0.15, 0.2) is 30.4 Å². The molecule has 4 atom stereocenters. The SMILES string of the molecule is COc1ccc(N2C(=O)[C@H]3[C@H](C2=O)[C@H]2C=C[C@H]3O2)c([N+](=O)[O-])c1. The third kappa shape index (κ3) is 1.75. The molecule has 0 unspecified atom stereocenters. The molecule has 3 aliphatic heterocycles. The number of carbonyl (C=O) groups excluding carboxylic acids is 2. The highest BCUT2D eigenvalue weighted by atomic mass is 16.6. The molecule has 0 spiro atoms. The normalized spacial score (nSPS) is 30.9. The van der Waals surface area contributed by atoms with E-state index in [1.54, 1.807) is 12.2 Å². The van der Waals surface area contributed by atoms with Crippen LogP contribution in [0.4, 0.5) is 11.4 Å². The molecule has 2 fully saturated rings. The van der Waals surface area contributed by atoms with E-state index in [1.807, 2.05) is 0 Å². The van der Waals surface area contributed by atoms with Crippen LogP contribution >= 0.6 is 0 Å². The van der Waals surface area contributed by atoms with Crippen LogP contribution in [-0.4, -0.2) is 36.1 Å². The van der Waals surface area contributed by atoms with Crippen LogP contribution in [0, 0.1) is 22.0 Å². The van der Waals surface area contributed by atoms with Crippen molar-refractivity contribution in [2.24, 2.45) is 11.8 Å². The first-order valence-electron chi connectivity index (χ1n) is 7.07. The molecule has 1 aromatic rings. The maximum absolute atomic E-state index is 12.7. The van der Waals surface area contributed by atoms with E-state index in [-0.39, 0.29) is 17.1 Å². The Morgan fingerprint density at radius 3 is 2.30 bits per heavy atom. The van der Waals surface area contributed by atoms with Gasteiger partial charge < -0.3 is 9.47 Å². The fourth-order valence-electron chi connectivity index (χ4n) is 3.51. The van der Waals surface area contributed by atoms with Gasteiger partial charge in [0.25, 0.3) is 5.69 Å². The monoisotopic (exact) mass is 316 g/mol. The number of amides is 2. The second-order valence-corrected chi connectivity index (χ2v) is 5.63. The average molecular weight is 316 g/mol. The van der Waals surface area contributed by atoms with Crippen molar-refractivity contribution in [1.29, 1.82) is 0 Å². The molecule has 0 radical (unpaired) electrons. The third-order valence-electron chi connectivity index (χ3n) is 4.53. The minimum Gasteiger partial charge on any atom is -0.496 e. The van der Waals surface area contributed by atoms with Crippen molar-refractivity contribution in [2.45, 2.75) is 12.2 Å². The molecule has 118 valence electrons. The van der Waals surface area contributed by atoms with Crippen molar-refractivity contribution >= 4 is 23.2 Å². The highest BCUT2D eigenvalue weighted by Crippen LogP contribution is 2.47. The van der Waals surface area contributed by atoms with E-state index in [2.05, 4.69) is 0 Å². The second-order valence-electron chi connectivity index (χ2n) is 5.63. The van der Waals surface area contributed by atoms with Crippen molar-refractivity contribution in [1.82, 2.24) is 0 Å². The van der Waals surface area contributed by atoms with Gasteiger partial charge in [0.1, 0.15) is 11.4 Å². The predicted molar refractivity (Wildman–Crippen MR) is 76.9 cm³/mol. The molecular formula is C15H12N2O6. The molecule has 4 rings (SSSR count). The summed E-state index contributed by atoms with van der Waals surface area (Å²) in [5.41, 5.74) is -0.369. The lowest BCUT2D eigenvalue weighted by Gasteiger charge is -2.17. The van der Waals surface area contributed by atoms with Gasteiger partial charge in [-0.15, -0.1) is 0 Å². The third-order valence-corrected chi connectivity index (χ3v) is 4.53. The minimum atomic E-state index is -0.629. The lowest BCUT2D eigenvalue weighted by Crippen LogP contribution is -2.34. The summed E-state index contributed by atoms with van der Waals surface area (Å²) in [7, 11) is 1.38. The number of anilines is 1. The fraction of sp³-hybridized carbons (Fsp3) is 0.333. The van der Waals surface area contributed by atoms with Crippen LogP contribution in [0.3, 0.4) is 0 Å². The number of rotatable bonds is 3. The maximum atomic E-state index is 12.7. The van der Waals surface area contributed by atoms with Gasteiger partial charge in [-0.25, -0.2) is 4.90 Å². The number of benzene rings is 1. The van der Waals surface area contributed by atoms with Crippen LogP contribution in [0.1, 0.15) is 0 Å². The van der Waals surface area contributed by atoms with Crippen LogP contribution in [-0.2, 0) is 14.3 Å². The number of fused-ring (bicyclic) bond motifs is 5. The summed E-state index contributed by atoms with van der Waals surface area (Å²) in [4.78, 5) is 36.9. The number of nitrogens with zero attached hydrogens (tertiary/aromatic N) is 2. The molecule has 0 aromatic heterocycles. The second kappa shape index (κ2) is 4.63. The molecule has 0 saturated carbocycles. The van der Waals surface area contributed by atoms with Crippen molar-refractivity contribution in [3.8, 4) is 5.75 Å². The van der Waals surface area contributed by atoms with Crippen molar-refractivity contribution < 1.29 is 24.0 Å². The largest absolute Gasteiger partial charge is 0.496 e. The molecule has 2 bridgehead atoms. The first-order valence-corrected chi connectivity index (χ1v) is 7.07. The van der Waals surface area contributed by atoms with Crippen molar-refractivity contribution in [3.63, 3.8) is 0 Å². The minimum absolute atomic E-state index is 0.0281. The Morgan fingerprint density at radius 2 is 1.78 bits per heavy atom. The standard InChI is InChI=1S/C15H12N2O6/c1-22-7-2-3-8(9(6-7)17(20)21)16-14(18)12-10-4-5-11(23-10)13(12)15(16)19/h2-6,10-13H,1H3/t10-,11-,12-,13-/m1/s1. The zero-order valence-electron chi connectivity index (χ0n) is 12.0. The first-order chi connectivity index (χ1) is 11.0. The van der Waals surface area contributed by atoms with E-state index in [4.69, 9.17) is 9.47 Å². The van der Waals surface area contributed by atoms with Gasteiger partial charge in [-0.3, -0.25) is 19.7 Å².